The number of hydrogen-bond donors (Lipinski definition) is 1. The van der Waals surface area contributed by atoms with Gasteiger partial charge in [-0.05, 0) is 18.6 Å². The van der Waals surface area contributed by atoms with Crippen molar-refractivity contribution >= 4 is 0 Å². The third-order valence-corrected chi connectivity index (χ3v) is 2.73. The standard InChI is InChI=1S/C12H14FN3/c1-8-4-3-5-9(11(8)13)12(14)10-6-7-15-16(10)2/h3-7,12H,14H2,1-2H3. The largest absolute Gasteiger partial charge is 0.319 e. The second-order valence-electron chi connectivity index (χ2n) is 3.84. The Balaban J connectivity index is 2.46. The van der Waals surface area contributed by atoms with Crippen molar-refractivity contribution in [3.8, 4) is 0 Å². The zero-order chi connectivity index (χ0) is 11.7. The summed E-state index contributed by atoms with van der Waals surface area (Å²) >= 11 is 0. The van der Waals surface area contributed by atoms with Crippen molar-refractivity contribution in [2.75, 3.05) is 0 Å². The summed E-state index contributed by atoms with van der Waals surface area (Å²) in [6, 6.07) is 6.57. The fourth-order valence-electron chi connectivity index (χ4n) is 1.76. The van der Waals surface area contributed by atoms with Crippen molar-refractivity contribution in [3.63, 3.8) is 0 Å². The van der Waals surface area contributed by atoms with Crippen LogP contribution in [0.5, 0.6) is 0 Å². The molecule has 0 bridgehead atoms. The van der Waals surface area contributed by atoms with E-state index in [1.165, 1.54) is 0 Å². The first-order valence-corrected chi connectivity index (χ1v) is 5.09. The molecule has 1 unspecified atom stereocenters. The average Bonchev–Trinajstić information content (AvgIpc) is 2.68. The number of aromatic nitrogens is 2. The lowest BCUT2D eigenvalue weighted by molar-refractivity contribution is 0.579. The van der Waals surface area contributed by atoms with Crippen LogP contribution in [0.15, 0.2) is 30.5 Å². The van der Waals surface area contributed by atoms with Gasteiger partial charge in [0.05, 0.1) is 11.7 Å². The van der Waals surface area contributed by atoms with Gasteiger partial charge in [-0.15, -0.1) is 0 Å². The van der Waals surface area contributed by atoms with Gasteiger partial charge < -0.3 is 5.73 Å². The highest BCUT2D eigenvalue weighted by Gasteiger charge is 2.17. The van der Waals surface area contributed by atoms with Gasteiger partial charge in [-0.25, -0.2) is 4.39 Å². The molecule has 0 spiro atoms. The van der Waals surface area contributed by atoms with Gasteiger partial charge in [0.15, 0.2) is 0 Å². The number of aryl methyl sites for hydroxylation is 2. The fraction of sp³-hybridized carbons (Fsp3) is 0.250. The number of nitrogens with zero attached hydrogens (tertiary/aromatic N) is 2. The molecular formula is C12H14FN3. The topological polar surface area (TPSA) is 43.8 Å². The van der Waals surface area contributed by atoms with Crippen molar-refractivity contribution in [1.29, 1.82) is 0 Å². The Hall–Kier alpha value is -1.68. The first-order chi connectivity index (χ1) is 7.61. The lowest BCUT2D eigenvalue weighted by atomic mass is 10.0. The molecule has 0 saturated heterocycles. The molecule has 2 N–H and O–H groups in total. The van der Waals surface area contributed by atoms with E-state index in [4.69, 9.17) is 5.73 Å². The maximum Gasteiger partial charge on any atom is 0.131 e. The molecule has 2 rings (SSSR count). The highest BCUT2D eigenvalue weighted by molar-refractivity contribution is 5.32. The maximum atomic E-state index is 13.9. The minimum atomic E-state index is -0.479. The van der Waals surface area contributed by atoms with Crippen molar-refractivity contribution in [3.05, 3.63) is 53.1 Å². The van der Waals surface area contributed by atoms with Gasteiger partial charge >= 0.3 is 0 Å². The number of hydrogen-bond acceptors (Lipinski definition) is 2. The van der Waals surface area contributed by atoms with Gasteiger partial charge in [0, 0.05) is 18.8 Å². The fourth-order valence-corrected chi connectivity index (χ4v) is 1.76. The summed E-state index contributed by atoms with van der Waals surface area (Å²) in [4.78, 5) is 0. The van der Waals surface area contributed by atoms with Crippen LogP contribution in [0.4, 0.5) is 4.39 Å². The summed E-state index contributed by atoms with van der Waals surface area (Å²) in [5, 5.41) is 4.03. The van der Waals surface area contributed by atoms with E-state index in [0.29, 0.717) is 11.1 Å². The molecule has 0 amide bonds. The molecular weight excluding hydrogens is 205 g/mol. The van der Waals surface area contributed by atoms with E-state index >= 15 is 0 Å². The van der Waals surface area contributed by atoms with Crippen LogP contribution >= 0.6 is 0 Å². The van der Waals surface area contributed by atoms with E-state index in [9.17, 15) is 4.39 Å². The highest BCUT2D eigenvalue weighted by atomic mass is 19.1. The summed E-state index contributed by atoms with van der Waals surface area (Å²) in [7, 11) is 1.79. The Kier molecular flexibility index (Phi) is 2.75. The number of benzene rings is 1. The minimum Gasteiger partial charge on any atom is -0.319 e. The molecule has 0 saturated carbocycles. The minimum absolute atomic E-state index is 0.240. The predicted molar refractivity (Wildman–Crippen MR) is 60.4 cm³/mol. The molecule has 0 aliphatic carbocycles. The summed E-state index contributed by atoms with van der Waals surface area (Å²) < 4.78 is 15.5. The predicted octanol–water partition coefficient (Wildman–Crippen LogP) is 1.92. The van der Waals surface area contributed by atoms with E-state index < -0.39 is 6.04 Å². The van der Waals surface area contributed by atoms with Gasteiger partial charge in [-0.2, -0.15) is 5.10 Å². The van der Waals surface area contributed by atoms with Crippen LogP contribution < -0.4 is 5.73 Å². The van der Waals surface area contributed by atoms with Crippen LogP contribution in [0, 0.1) is 12.7 Å². The Morgan fingerprint density at radius 2 is 2.12 bits per heavy atom. The van der Waals surface area contributed by atoms with Crippen LogP contribution in [-0.2, 0) is 7.05 Å². The Labute approximate surface area is 93.7 Å². The quantitative estimate of drug-likeness (QED) is 0.838. The third-order valence-electron chi connectivity index (χ3n) is 2.73. The van der Waals surface area contributed by atoms with E-state index in [1.807, 2.05) is 6.07 Å². The van der Waals surface area contributed by atoms with Crippen molar-refractivity contribution < 1.29 is 4.39 Å². The van der Waals surface area contributed by atoms with Gasteiger partial charge in [0.1, 0.15) is 5.82 Å². The summed E-state index contributed by atoms with van der Waals surface area (Å²) in [6.45, 7) is 1.73. The zero-order valence-electron chi connectivity index (χ0n) is 9.31. The number of nitrogens with two attached hydrogens (primary N) is 1. The Bertz CT molecular complexity index is 505. The number of rotatable bonds is 2. The average molecular weight is 219 g/mol. The van der Waals surface area contributed by atoms with E-state index in [-0.39, 0.29) is 5.82 Å². The molecule has 1 aromatic carbocycles. The van der Waals surface area contributed by atoms with E-state index in [1.54, 1.807) is 43.0 Å². The second-order valence-corrected chi connectivity index (χ2v) is 3.84. The van der Waals surface area contributed by atoms with Gasteiger partial charge in [-0.3, -0.25) is 4.68 Å². The molecule has 1 atom stereocenters. The zero-order valence-corrected chi connectivity index (χ0v) is 9.31. The van der Waals surface area contributed by atoms with Crippen LogP contribution in [0.25, 0.3) is 0 Å². The molecule has 0 fully saturated rings. The maximum absolute atomic E-state index is 13.9. The first kappa shape index (κ1) is 10.8. The van der Waals surface area contributed by atoms with Crippen LogP contribution in [0.2, 0.25) is 0 Å². The molecule has 0 aliphatic heterocycles. The van der Waals surface area contributed by atoms with Gasteiger partial charge in [0.2, 0.25) is 0 Å². The highest BCUT2D eigenvalue weighted by Crippen LogP contribution is 2.23. The van der Waals surface area contributed by atoms with Crippen molar-refractivity contribution in [2.45, 2.75) is 13.0 Å². The molecule has 3 nitrogen and oxygen atoms in total. The van der Waals surface area contributed by atoms with Crippen LogP contribution in [0.1, 0.15) is 22.9 Å². The molecule has 84 valence electrons. The molecule has 1 heterocycles. The molecule has 1 aromatic heterocycles. The Morgan fingerprint density at radius 3 is 2.75 bits per heavy atom. The summed E-state index contributed by atoms with van der Waals surface area (Å²) in [6.07, 6.45) is 1.66. The van der Waals surface area contributed by atoms with E-state index in [0.717, 1.165) is 5.69 Å². The second kappa shape index (κ2) is 4.06. The van der Waals surface area contributed by atoms with Crippen molar-refractivity contribution in [1.82, 2.24) is 9.78 Å². The molecule has 16 heavy (non-hydrogen) atoms. The third kappa shape index (κ3) is 1.72. The van der Waals surface area contributed by atoms with Crippen LogP contribution in [-0.4, -0.2) is 9.78 Å². The molecule has 0 aliphatic rings. The summed E-state index contributed by atoms with van der Waals surface area (Å²) in [5.41, 5.74) is 7.94. The smallest absolute Gasteiger partial charge is 0.131 e. The molecule has 2 aromatic rings. The van der Waals surface area contributed by atoms with Gasteiger partial charge in [0.25, 0.3) is 0 Å². The number of halogens is 1. The monoisotopic (exact) mass is 219 g/mol. The van der Waals surface area contributed by atoms with E-state index in [2.05, 4.69) is 5.10 Å². The SMILES string of the molecule is Cc1cccc(C(N)c2ccnn2C)c1F. The molecule has 0 radical (unpaired) electrons. The summed E-state index contributed by atoms with van der Waals surface area (Å²) in [5.74, 6) is -0.240. The van der Waals surface area contributed by atoms with Crippen molar-refractivity contribution in [2.24, 2.45) is 12.8 Å². The molecule has 4 heteroatoms. The van der Waals surface area contributed by atoms with Gasteiger partial charge in [-0.1, -0.05) is 18.2 Å². The van der Waals surface area contributed by atoms with Crippen LogP contribution in [0.3, 0.4) is 0 Å². The normalized spacial score (nSPS) is 12.8. The lowest BCUT2D eigenvalue weighted by Crippen LogP contribution is -2.17. The first-order valence-electron chi connectivity index (χ1n) is 5.09. The Morgan fingerprint density at radius 1 is 1.38 bits per heavy atom. The lowest BCUT2D eigenvalue weighted by Gasteiger charge is -2.14.